The molecule has 2 atom stereocenters. The van der Waals surface area contributed by atoms with Crippen molar-refractivity contribution in [3.63, 3.8) is 0 Å². The first kappa shape index (κ1) is 15.2. The van der Waals surface area contributed by atoms with Gasteiger partial charge in [0.1, 0.15) is 17.7 Å². The first-order valence-corrected chi connectivity index (χ1v) is 6.65. The molecule has 0 aromatic heterocycles. The van der Waals surface area contributed by atoms with Crippen molar-refractivity contribution < 1.29 is 23.5 Å². The number of piperidine rings is 1. The highest BCUT2D eigenvalue weighted by Crippen LogP contribution is 2.25. The lowest BCUT2D eigenvalue weighted by atomic mass is 9.91. The number of amides is 2. The number of hydrogen-bond acceptors (Lipinski definition) is 2. The average Bonchev–Trinajstić information content (AvgIpc) is 2.41. The summed E-state index contributed by atoms with van der Waals surface area (Å²) in [5.74, 6) is -2.92. The van der Waals surface area contributed by atoms with Crippen molar-refractivity contribution in [3.05, 3.63) is 29.8 Å². The zero-order chi connectivity index (χ0) is 15.6. The number of aliphatic carboxylic acids is 1. The number of hydrogen-bond donors (Lipinski definition) is 2. The summed E-state index contributed by atoms with van der Waals surface area (Å²) in [7, 11) is 0. The van der Waals surface area contributed by atoms with E-state index in [1.165, 1.54) is 4.90 Å². The topological polar surface area (TPSA) is 69.6 Å². The van der Waals surface area contributed by atoms with Crippen molar-refractivity contribution in [1.82, 2.24) is 4.90 Å². The maximum absolute atomic E-state index is 13.5. The lowest BCUT2D eigenvalue weighted by Gasteiger charge is -2.37. The Kier molecular flexibility index (Phi) is 4.40. The summed E-state index contributed by atoms with van der Waals surface area (Å²) in [6.45, 7) is 2.05. The van der Waals surface area contributed by atoms with Crippen molar-refractivity contribution in [3.8, 4) is 0 Å². The second kappa shape index (κ2) is 6.07. The lowest BCUT2D eigenvalue weighted by Crippen LogP contribution is -2.53. The molecule has 1 aliphatic rings. The summed E-state index contributed by atoms with van der Waals surface area (Å²) >= 11 is 0. The van der Waals surface area contributed by atoms with Crippen molar-refractivity contribution >= 4 is 17.7 Å². The molecule has 0 spiro atoms. The van der Waals surface area contributed by atoms with Crippen LogP contribution >= 0.6 is 0 Å². The molecule has 0 radical (unpaired) electrons. The van der Waals surface area contributed by atoms with Crippen LogP contribution in [-0.4, -0.2) is 34.6 Å². The molecule has 7 heteroatoms. The fourth-order valence-electron chi connectivity index (χ4n) is 2.57. The molecule has 1 aromatic rings. The fourth-order valence-corrected chi connectivity index (χ4v) is 2.57. The summed E-state index contributed by atoms with van der Waals surface area (Å²) in [6, 6.07) is 1.14. The van der Waals surface area contributed by atoms with Gasteiger partial charge in [0.05, 0.1) is 5.69 Å². The van der Waals surface area contributed by atoms with E-state index in [4.69, 9.17) is 0 Å². The predicted molar refractivity (Wildman–Crippen MR) is 71.9 cm³/mol. The number of rotatable bonds is 2. The number of nitrogens with zero attached hydrogens (tertiary/aromatic N) is 1. The maximum atomic E-state index is 13.5. The Hall–Kier alpha value is -2.18. The van der Waals surface area contributed by atoms with Crippen molar-refractivity contribution in [1.29, 1.82) is 0 Å². The van der Waals surface area contributed by atoms with Crippen LogP contribution in [0, 0.1) is 17.6 Å². The maximum Gasteiger partial charge on any atom is 0.326 e. The predicted octanol–water partition coefficient (Wildman–Crippen LogP) is 2.68. The van der Waals surface area contributed by atoms with E-state index in [0.29, 0.717) is 18.9 Å². The van der Waals surface area contributed by atoms with Gasteiger partial charge in [-0.2, -0.15) is 0 Å². The van der Waals surface area contributed by atoms with E-state index < -0.39 is 29.7 Å². The molecule has 5 nitrogen and oxygen atoms in total. The average molecular weight is 298 g/mol. The third kappa shape index (κ3) is 3.29. The largest absolute Gasteiger partial charge is 0.480 e. The van der Waals surface area contributed by atoms with Gasteiger partial charge in [0.2, 0.25) is 0 Å². The molecule has 2 unspecified atom stereocenters. The SMILES string of the molecule is CC1CCCN(C(=O)Nc2ccc(F)cc2F)C1C(=O)O. The van der Waals surface area contributed by atoms with Crippen LogP contribution < -0.4 is 5.32 Å². The van der Waals surface area contributed by atoms with Crippen molar-refractivity contribution in [2.45, 2.75) is 25.8 Å². The summed E-state index contributed by atoms with van der Waals surface area (Å²) < 4.78 is 26.3. The molecule has 1 saturated heterocycles. The van der Waals surface area contributed by atoms with Crippen LogP contribution in [0.3, 0.4) is 0 Å². The third-order valence-electron chi connectivity index (χ3n) is 3.62. The van der Waals surface area contributed by atoms with Gasteiger partial charge in [0, 0.05) is 12.6 Å². The molecule has 2 rings (SSSR count). The van der Waals surface area contributed by atoms with E-state index >= 15 is 0 Å². The third-order valence-corrected chi connectivity index (χ3v) is 3.62. The molecular formula is C14H16F2N2O3. The van der Waals surface area contributed by atoms with E-state index in [1.807, 2.05) is 0 Å². The van der Waals surface area contributed by atoms with Crippen LogP contribution in [0.15, 0.2) is 18.2 Å². The summed E-state index contributed by atoms with van der Waals surface area (Å²) in [4.78, 5) is 24.6. The summed E-state index contributed by atoms with van der Waals surface area (Å²) in [6.07, 6.45) is 1.40. The second-order valence-electron chi connectivity index (χ2n) is 5.15. The number of carboxylic acids is 1. The molecule has 21 heavy (non-hydrogen) atoms. The number of carboxylic acid groups (broad SMARTS) is 1. The highest BCUT2D eigenvalue weighted by molar-refractivity contribution is 5.92. The zero-order valence-electron chi connectivity index (χ0n) is 11.5. The molecule has 1 heterocycles. The molecule has 0 aliphatic carbocycles. The Morgan fingerprint density at radius 1 is 1.38 bits per heavy atom. The van der Waals surface area contributed by atoms with E-state index in [9.17, 15) is 23.5 Å². The van der Waals surface area contributed by atoms with Gasteiger partial charge in [-0.1, -0.05) is 6.92 Å². The Labute approximate surface area is 120 Å². The summed E-state index contributed by atoms with van der Waals surface area (Å²) in [5, 5.41) is 11.5. The number of benzene rings is 1. The van der Waals surface area contributed by atoms with Crippen LogP contribution in [0.4, 0.5) is 19.3 Å². The van der Waals surface area contributed by atoms with Crippen LogP contribution in [0.1, 0.15) is 19.8 Å². The van der Waals surface area contributed by atoms with Crippen LogP contribution in [-0.2, 0) is 4.79 Å². The first-order chi connectivity index (χ1) is 9.90. The second-order valence-corrected chi connectivity index (χ2v) is 5.15. The van der Waals surface area contributed by atoms with Crippen molar-refractivity contribution in [2.75, 3.05) is 11.9 Å². The number of halogens is 2. The molecule has 1 aliphatic heterocycles. The molecule has 0 bridgehead atoms. The highest BCUT2D eigenvalue weighted by atomic mass is 19.1. The molecule has 1 aromatic carbocycles. The fraction of sp³-hybridized carbons (Fsp3) is 0.429. The zero-order valence-corrected chi connectivity index (χ0v) is 11.5. The summed E-state index contributed by atoms with van der Waals surface area (Å²) in [5.41, 5.74) is -0.177. The molecule has 0 saturated carbocycles. The number of carbonyl (C=O) groups excluding carboxylic acids is 1. The number of urea groups is 1. The smallest absolute Gasteiger partial charge is 0.326 e. The monoisotopic (exact) mass is 298 g/mol. The van der Waals surface area contributed by atoms with E-state index in [0.717, 1.165) is 12.1 Å². The molecular weight excluding hydrogens is 282 g/mol. The van der Waals surface area contributed by atoms with Gasteiger partial charge in [-0.05, 0) is 30.9 Å². The quantitative estimate of drug-likeness (QED) is 0.882. The molecule has 114 valence electrons. The Morgan fingerprint density at radius 3 is 2.71 bits per heavy atom. The van der Waals surface area contributed by atoms with Gasteiger partial charge in [0.25, 0.3) is 0 Å². The molecule has 2 amide bonds. The Balaban J connectivity index is 2.16. The minimum Gasteiger partial charge on any atom is -0.480 e. The van der Waals surface area contributed by atoms with Gasteiger partial charge in [-0.3, -0.25) is 0 Å². The Bertz CT molecular complexity index is 565. The van der Waals surface area contributed by atoms with Gasteiger partial charge >= 0.3 is 12.0 Å². The van der Waals surface area contributed by atoms with Gasteiger partial charge in [0.15, 0.2) is 0 Å². The minimum atomic E-state index is -1.09. The van der Waals surface area contributed by atoms with Gasteiger partial charge in [-0.25, -0.2) is 18.4 Å². The molecule has 2 N–H and O–H groups in total. The van der Waals surface area contributed by atoms with Gasteiger partial charge < -0.3 is 15.3 Å². The van der Waals surface area contributed by atoms with Crippen LogP contribution in [0.25, 0.3) is 0 Å². The lowest BCUT2D eigenvalue weighted by molar-refractivity contribution is -0.145. The van der Waals surface area contributed by atoms with Gasteiger partial charge in [-0.15, -0.1) is 0 Å². The first-order valence-electron chi connectivity index (χ1n) is 6.65. The van der Waals surface area contributed by atoms with E-state index in [1.54, 1.807) is 6.92 Å². The van der Waals surface area contributed by atoms with E-state index in [-0.39, 0.29) is 18.2 Å². The van der Waals surface area contributed by atoms with Crippen molar-refractivity contribution in [2.24, 2.45) is 5.92 Å². The minimum absolute atomic E-state index is 0.177. The Morgan fingerprint density at radius 2 is 2.10 bits per heavy atom. The molecule has 1 fully saturated rings. The van der Waals surface area contributed by atoms with Crippen LogP contribution in [0.5, 0.6) is 0 Å². The van der Waals surface area contributed by atoms with E-state index in [2.05, 4.69) is 5.32 Å². The van der Waals surface area contributed by atoms with Crippen LogP contribution in [0.2, 0.25) is 0 Å². The highest BCUT2D eigenvalue weighted by Gasteiger charge is 2.37. The number of carbonyl (C=O) groups is 2. The standard InChI is InChI=1S/C14H16F2N2O3/c1-8-3-2-6-18(12(8)13(19)20)14(21)17-11-5-4-9(15)7-10(11)16/h4-5,7-8,12H,2-3,6H2,1H3,(H,17,21)(H,19,20). The normalized spacial score (nSPS) is 22.0. The number of likely N-dealkylation sites (tertiary alicyclic amines) is 1. The number of nitrogens with one attached hydrogen (secondary N) is 1. The number of anilines is 1.